The van der Waals surface area contributed by atoms with Gasteiger partial charge in [0.2, 0.25) is 17.7 Å². The minimum atomic E-state index is -1.05. The van der Waals surface area contributed by atoms with Crippen molar-refractivity contribution in [2.75, 3.05) is 6.54 Å². The van der Waals surface area contributed by atoms with E-state index in [0.29, 0.717) is 22.9 Å². The number of carbonyl (C=O) groups is 3. The van der Waals surface area contributed by atoms with Crippen LogP contribution in [-0.4, -0.2) is 56.1 Å². The van der Waals surface area contributed by atoms with Crippen molar-refractivity contribution in [3.05, 3.63) is 99.8 Å². The summed E-state index contributed by atoms with van der Waals surface area (Å²) in [6.07, 6.45) is 3.62. The Morgan fingerprint density at radius 3 is 2.03 bits per heavy atom. The summed E-state index contributed by atoms with van der Waals surface area (Å²) < 4.78 is 0. The fourth-order valence-corrected chi connectivity index (χ4v) is 5.24. The summed E-state index contributed by atoms with van der Waals surface area (Å²) in [5.74, 6) is -1.17. The molecule has 39 heavy (non-hydrogen) atoms. The van der Waals surface area contributed by atoms with Crippen LogP contribution in [0.3, 0.4) is 0 Å². The summed E-state index contributed by atoms with van der Waals surface area (Å²) >= 11 is 25.0. The van der Waals surface area contributed by atoms with Gasteiger partial charge in [-0.15, -0.1) is 0 Å². The Labute approximate surface area is 247 Å². The lowest BCUT2D eigenvalue weighted by atomic mass is 10.0. The van der Waals surface area contributed by atoms with Crippen molar-refractivity contribution in [1.29, 1.82) is 0 Å². The number of nitrogens with zero attached hydrogens (tertiary/aromatic N) is 3. The van der Waals surface area contributed by atoms with E-state index in [0.717, 1.165) is 16.7 Å². The minimum absolute atomic E-state index is 0.151. The molecule has 3 unspecified atom stereocenters. The number of alkyl halides is 2. The lowest BCUT2D eigenvalue weighted by molar-refractivity contribution is -0.158. The summed E-state index contributed by atoms with van der Waals surface area (Å²) in [5, 5.41) is 3.91. The molecule has 1 aromatic heterocycles. The highest BCUT2D eigenvalue weighted by molar-refractivity contribution is 6.30. The summed E-state index contributed by atoms with van der Waals surface area (Å²) in [5.41, 5.74) is 1.03. The minimum Gasteiger partial charge on any atom is -0.340 e. The zero-order chi connectivity index (χ0) is 27.9. The van der Waals surface area contributed by atoms with Crippen LogP contribution in [-0.2, 0) is 33.8 Å². The summed E-state index contributed by atoms with van der Waals surface area (Å²) in [4.78, 5) is 46.8. The van der Waals surface area contributed by atoms with Crippen LogP contribution in [0.25, 0.3) is 0 Å². The molecule has 0 aliphatic carbocycles. The molecule has 1 aliphatic heterocycles. The fraction of sp³-hybridized carbons (Fsp3) is 0.286. The van der Waals surface area contributed by atoms with Crippen molar-refractivity contribution < 1.29 is 14.4 Å². The first-order valence-corrected chi connectivity index (χ1v) is 13.9. The summed E-state index contributed by atoms with van der Waals surface area (Å²) in [6.45, 7) is -0.0451. The molecule has 3 atom stereocenters. The standard InChI is InChI=1S/C28H26Cl4N4O3/c29-21-5-1-18(2-6-21)13-24(31)34-26(37)15-23-28(39)36(25(32)14-19-3-7-22(30)8-4-19)17-27(38)35(23)16-20-9-11-33-12-10-20/h1-12,23-25H,13-17H2,(H,34,37). The third-order valence-corrected chi connectivity index (χ3v) is 7.51. The summed E-state index contributed by atoms with van der Waals surface area (Å²) in [7, 11) is 0. The van der Waals surface area contributed by atoms with Crippen LogP contribution in [0.4, 0.5) is 0 Å². The molecule has 3 amide bonds. The zero-order valence-electron chi connectivity index (χ0n) is 20.8. The first-order chi connectivity index (χ1) is 18.7. The normalized spacial score (nSPS) is 17.2. The zero-order valence-corrected chi connectivity index (χ0v) is 23.8. The van der Waals surface area contributed by atoms with Crippen LogP contribution in [0.15, 0.2) is 73.1 Å². The Bertz CT molecular complexity index is 1290. The SMILES string of the molecule is O=C(CC1C(=O)N(C(Cl)Cc2ccc(Cl)cc2)CC(=O)N1Cc1ccncc1)NC(Cl)Cc1ccc(Cl)cc1. The lowest BCUT2D eigenvalue weighted by Gasteiger charge is -2.42. The number of hydrogen-bond donors (Lipinski definition) is 1. The number of piperazine rings is 1. The first kappa shape index (κ1) is 29.2. The van der Waals surface area contributed by atoms with Gasteiger partial charge in [-0.25, -0.2) is 0 Å². The quantitative estimate of drug-likeness (QED) is 0.258. The molecule has 1 aliphatic rings. The second-order valence-electron chi connectivity index (χ2n) is 9.19. The Morgan fingerprint density at radius 2 is 1.44 bits per heavy atom. The first-order valence-electron chi connectivity index (χ1n) is 12.2. The lowest BCUT2D eigenvalue weighted by Crippen LogP contribution is -2.62. The van der Waals surface area contributed by atoms with Crippen molar-refractivity contribution in [2.45, 2.75) is 42.9 Å². The Balaban J connectivity index is 1.48. The molecule has 2 heterocycles. The van der Waals surface area contributed by atoms with Gasteiger partial charge >= 0.3 is 0 Å². The monoisotopic (exact) mass is 606 g/mol. The van der Waals surface area contributed by atoms with Crippen molar-refractivity contribution in [3.63, 3.8) is 0 Å². The van der Waals surface area contributed by atoms with Crippen LogP contribution >= 0.6 is 46.4 Å². The van der Waals surface area contributed by atoms with Crippen LogP contribution in [0.1, 0.15) is 23.1 Å². The molecule has 1 saturated heterocycles. The second kappa shape index (κ2) is 13.5. The van der Waals surface area contributed by atoms with Crippen LogP contribution in [0.5, 0.6) is 0 Å². The highest BCUT2D eigenvalue weighted by Crippen LogP contribution is 2.24. The van der Waals surface area contributed by atoms with Gasteiger partial charge in [-0.1, -0.05) is 70.7 Å². The van der Waals surface area contributed by atoms with Crippen LogP contribution in [0.2, 0.25) is 10.0 Å². The number of rotatable bonds is 10. The molecule has 0 bridgehead atoms. The number of carbonyl (C=O) groups excluding carboxylic acids is 3. The maximum absolute atomic E-state index is 13.7. The van der Waals surface area contributed by atoms with E-state index in [2.05, 4.69) is 10.3 Å². The van der Waals surface area contributed by atoms with Crippen molar-refractivity contribution in [3.8, 4) is 0 Å². The van der Waals surface area contributed by atoms with E-state index in [9.17, 15) is 14.4 Å². The van der Waals surface area contributed by atoms with Gasteiger partial charge in [0.15, 0.2) is 0 Å². The van der Waals surface area contributed by atoms with Gasteiger partial charge in [-0.05, 0) is 53.1 Å². The van der Waals surface area contributed by atoms with Gasteiger partial charge in [0.05, 0.1) is 6.42 Å². The Hall–Kier alpha value is -2.84. The van der Waals surface area contributed by atoms with E-state index in [1.54, 1.807) is 48.8 Å². The van der Waals surface area contributed by atoms with E-state index in [1.165, 1.54) is 9.80 Å². The number of amides is 3. The smallest absolute Gasteiger partial charge is 0.247 e. The van der Waals surface area contributed by atoms with E-state index in [-0.39, 0.29) is 25.4 Å². The van der Waals surface area contributed by atoms with Gasteiger partial charge in [0.1, 0.15) is 23.6 Å². The maximum atomic E-state index is 13.7. The molecule has 1 N–H and O–H groups in total. The van der Waals surface area contributed by atoms with Gasteiger partial charge in [-0.3, -0.25) is 19.4 Å². The number of aromatic nitrogens is 1. The number of hydrogen-bond acceptors (Lipinski definition) is 4. The molecule has 7 nitrogen and oxygen atoms in total. The van der Waals surface area contributed by atoms with E-state index >= 15 is 0 Å². The van der Waals surface area contributed by atoms with Crippen LogP contribution in [0, 0.1) is 0 Å². The highest BCUT2D eigenvalue weighted by Gasteiger charge is 2.42. The van der Waals surface area contributed by atoms with E-state index in [1.807, 2.05) is 24.3 Å². The Kier molecular flexibility index (Phi) is 10.1. The third-order valence-electron chi connectivity index (χ3n) is 6.35. The number of halogens is 4. The van der Waals surface area contributed by atoms with E-state index in [4.69, 9.17) is 46.4 Å². The van der Waals surface area contributed by atoms with Crippen molar-refractivity contribution in [2.24, 2.45) is 0 Å². The topological polar surface area (TPSA) is 82.6 Å². The molecular weight excluding hydrogens is 582 g/mol. The molecule has 0 spiro atoms. The van der Waals surface area contributed by atoms with Gasteiger partial charge in [-0.2, -0.15) is 0 Å². The van der Waals surface area contributed by atoms with Gasteiger partial charge in [0.25, 0.3) is 0 Å². The highest BCUT2D eigenvalue weighted by atomic mass is 35.5. The predicted octanol–water partition coefficient (Wildman–Crippen LogP) is 5.05. The molecule has 0 saturated carbocycles. The summed E-state index contributed by atoms with van der Waals surface area (Å²) in [6, 6.07) is 16.7. The average Bonchev–Trinajstić information content (AvgIpc) is 2.91. The molecule has 3 aromatic rings. The molecule has 4 rings (SSSR count). The molecule has 2 aromatic carbocycles. The maximum Gasteiger partial charge on any atom is 0.247 e. The van der Waals surface area contributed by atoms with Crippen LogP contribution < -0.4 is 5.32 Å². The number of benzene rings is 2. The predicted molar refractivity (Wildman–Crippen MR) is 153 cm³/mol. The van der Waals surface area contributed by atoms with E-state index < -0.39 is 28.9 Å². The molecular formula is C28H26Cl4N4O3. The molecule has 204 valence electrons. The molecule has 11 heteroatoms. The van der Waals surface area contributed by atoms with Gasteiger partial charge < -0.3 is 15.1 Å². The largest absolute Gasteiger partial charge is 0.340 e. The number of nitrogens with one attached hydrogen (secondary N) is 1. The Morgan fingerprint density at radius 1 is 0.872 bits per heavy atom. The number of pyridine rings is 1. The fourth-order valence-electron chi connectivity index (χ4n) is 4.34. The second-order valence-corrected chi connectivity index (χ2v) is 11.1. The molecule has 1 fully saturated rings. The van der Waals surface area contributed by atoms with Crippen molar-refractivity contribution >= 4 is 64.1 Å². The average molecular weight is 608 g/mol. The van der Waals surface area contributed by atoms with Gasteiger partial charge in [0, 0.05) is 41.8 Å². The third kappa shape index (κ3) is 8.08. The molecule has 0 radical (unpaired) electrons. The van der Waals surface area contributed by atoms with Crippen molar-refractivity contribution in [1.82, 2.24) is 20.1 Å².